The van der Waals surface area contributed by atoms with Gasteiger partial charge in [0, 0.05) is 19.3 Å². The third kappa shape index (κ3) is 12.9. The van der Waals surface area contributed by atoms with Gasteiger partial charge in [0.15, 0.2) is 0 Å². The van der Waals surface area contributed by atoms with E-state index in [1.807, 2.05) is 104 Å². The van der Waals surface area contributed by atoms with E-state index in [-0.39, 0.29) is 0 Å². The van der Waals surface area contributed by atoms with Crippen molar-refractivity contribution in [2.24, 2.45) is 0 Å². The molecule has 250 valence electrons. The second-order valence-electron chi connectivity index (χ2n) is 12.7. The summed E-state index contributed by atoms with van der Waals surface area (Å²) in [6, 6.07) is 40.0. The molecule has 0 spiro atoms. The van der Waals surface area contributed by atoms with Crippen molar-refractivity contribution in [2.45, 2.75) is 96.0 Å². The van der Waals surface area contributed by atoms with Crippen LogP contribution in [-0.2, 0) is 12.8 Å². The number of nitriles is 2. The van der Waals surface area contributed by atoms with Crippen LogP contribution in [0.5, 0.6) is 11.5 Å². The third-order valence-electron chi connectivity index (χ3n) is 8.47. The van der Waals surface area contributed by atoms with Crippen LogP contribution in [0.4, 0.5) is 0 Å². The van der Waals surface area contributed by atoms with Crippen LogP contribution in [0.25, 0.3) is 0 Å². The first-order valence-electron chi connectivity index (χ1n) is 17.3. The lowest BCUT2D eigenvalue weighted by Crippen LogP contribution is -2.66. The Morgan fingerprint density at radius 3 is 1.48 bits per heavy atom. The molecule has 2 atom stereocenters. The fourth-order valence-electron chi connectivity index (χ4n) is 5.81. The Morgan fingerprint density at radius 2 is 1.00 bits per heavy atom. The zero-order valence-electron chi connectivity index (χ0n) is 28.5. The van der Waals surface area contributed by atoms with Crippen LogP contribution in [0.15, 0.2) is 109 Å². The highest BCUT2D eigenvalue weighted by Gasteiger charge is 2.37. The van der Waals surface area contributed by atoms with E-state index in [2.05, 4.69) is 41.8 Å². The molecule has 0 saturated heterocycles. The van der Waals surface area contributed by atoms with E-state index in [9.17, 15) is 10.5 Å². The van der Waals surface area contributed by atoms with Gasteiger partial charge in [-0.3, -0.25) is 10.6 Å². The highest BCUT2D eigenvalue weighted by atomic mass is 16.5. The summed E-state index contributed by atoms with van der Waals surface area (Å²) in [4.78, 5) is 0. The van der Waals surface area contributed by atoms with E-state index in [1.165, 1.54) is 12.0 Å². The lowest BCUT2D eigenvalue weighted by atomic mass is 10.0. The monoisotopic (exact) mass is 642 g/mol. The molecule has 0 aliphatic carbocycles. The fraction of sp³-hybridized carbons (Fsp3) is 0.381. The van der Waals surface area contributed by atoms with Crippen molar-refractivity contribution in [1.82, 2.24) is 10.6 Å². The number of unbranched alkanes of at least 4 members (excludes halogenated alkanes) is 6. The van der Waals surface area contributed by atoms with Gasteiger partial charge in [-0.1, -0.05) is 128 Å². The van der Waals surface area contributed by atoms with Crippen LogP contribution in [0.3, 0.4) is 0 Å². The minimum absolute atomic E-state index is 0.515. The lowest BCUT2D eigenvalue weighted by molar-refractivity contribution is -0.0227. The Labute approximate surface area is 287 Å². The van der Waals surface area contributed by atoms with Crippen molar-refractivity contribution >= 4 is 0 Å². The van der Waals surface area contributed by atoms with Crippen LogP contribution in [0.1, 0.15) is 73.6 Å². The average Bonchev–Trinajstić information content (AvgIpc) is 3.11. The summed E-state index contributed by atoms with van der Waals surface area (Å²) < 4.78 is 12.7. The van der Waals surface area contributed by atoms with Crippen molar-refractivity contribution in [1.29, 1.82) is 10.5 Å². The van der Waals surface area contributed by atoms with Crippen LogP contribution in [0, 0.1) is 36.5 Å². The second-order valence-corrected chi connectivity index (χ2v) is 12.7. The topological polar surface area (TPSA) is 90.1 Å². The van der Waals surface area contributed by atoms with Gasteiger partial charge in [0.25, 0.3) is 0 Å². The van der Waals surface area contributed by atoms with Crippen molar-refractivity contribution < 1.29 is 9.47 Å². The van der Waals surface area contributed by atoms with E-state index >= 15 is 0 Å². The predicted octanol–water partition coefficient (Wildman–Crippen LogP) is 8.98. The number of nitrogens with zero attached hydrogens (tertiary/aromatic N) is 2. The SMILES string of the molecule is Cc1ccc(OCCCCCCCCCC(NC(C#N)Cc2ccccc2)(NC(C#N)Cc2ccccc2)Oc2ccc(C)cc2)cc1. The van der Waals surface area contributed by atoms with Gasteiger partial charge in [0.05, 0.1) is 18.7 Å². The number of benzene rings is 4. The molecule has 0 aliphatic rings. The fourth-order valence-corrected chi connectivity index (χ4v) is 5.81. The van der Waals surface area contributed by atoms with Gasteiger partial charge in [-0.05, 0) is 62.1 Å². The quantitative estimate of drug-likeness (QED) is 0.0697. The summed E-state index contributed by atoms with van der Waals surface area (Å²) in [7, 11) is 0. The molecule has 0 bridgehead atoms. The van der Waals surface area contributed by atoms with E-state index in [4.69, 9.17) is 9.47 Å². The molecular formula is C42H50N4O2. The zero-order chi connectivity index (χ0) is 33.9. The summed E-state index contributed by atoms with van der Waals surface area (Å²) in [5, 5.41) is 27.8. The van der Waals surface area contributed by atoms with Gasteiger partial charge in [-0.15, -0.1) is 0 Å². The van der Waals surface area contributed by atoms with E-state index in [0.29, 0.717) is 25.0 Å². The number of hydrogen-bond donors (Lipinski definition) is 2. The number of rotatable bonds is 21. The molecule has 0 aromatic heterocycles. The molecular weight excluding hydrogens is 592 g/mol. The largest absolute Gasteiger partial charge is 0.494 e. The molecule has 0 radical (unpaired) electrons. The Bertz CT molecular complexity index is 1480. The highest BCUT2D eigenvalue weighted by molar-refractivity contribution is 5.28. The second kappa shape index (κ2) is 19.9. The predicted molar refractivity (Wildman–Crippen MR) is 194 cm³/mol. The summed E-state index contributed by atoms with van der Waals surface area (Å²) in [5.74, 6) is 0.484. The van der Waals surface area contributed by atoms with Gasteiger partial charge in [-0.2, -0.15) is 10.5 Å². The molecule has 4 rings (SSSR count). The molecule has 0 heterocycles. The van der Waals surface area contributed by atoms with Gasteiger partial charge in [0.1, 0.15) is 23.6 Å². The maximum Gasteiger partial charge on any atom is 0.219 e. The third-order valence-corrected chi connectivity index (χ3v) is 8.47. The smallest absolute Gasteiger partial charge is 0.219 e. The standard InChI is InChI=1S/C42H50N4O2/c1-34-20-24-40(25-21-34)47-29-15-7-5-3-4-6-14-28-42(48-41-26-22-35(2)23-27-41,45-38(32-43)30-36-16-10-8-11-17-36)46-39(33-44)31-37-18-12-9-13-19-37/h8-13,16-27,38-39,45-46H,3-7,14-15,28-31H2,1-2H3. The van der Waals surface area contributed by atoms with Crippen molar-refractivity contribution in [3.8, 4) is 23.6 Å². The molecule has 4 aromatic carbocycles. The minimum Gasteiger partial charge on any atom is -0.494 e. The van der Waals surface area contributed by atoms with Crippen LogP contribution in [0.2, 0.25) is 0 Å². The van der Waals surface area contributed by atoms with Gasteiger partial charge in [0.2, 0.25) is 5.85 Å². The highest BCUT2D eigenvalue weighted by Crippen LogP contribution is 2.24. The molecule has 4 aromatic rings. The van der Waals surface area contributed by atoms with E-state index < -0.39 is 17.9 Å². The normalized spacial score (nSPS) is 13.4. The number of aryl methyl sites for hydroxylation is 2. The van der Waals surface area contributed by atoms with Crippen LogP contribution >= 0.6 is 0 Å². The van der Waals surface area contributed by atoms with Crippen LogP contribution in [-0.4, -0.2) is 24.5 Å². The summed E-state index contributed by atoms with van der Waals surface area (Å²) in [6.07, 6.45) is 9.13. The molecule has 0 amide bonds. The molecule has 6 nitrogen and oxygen atoms in total. The average molecular weight is 643 g/mol. The van der Waals surface area contributed by atoms with Crippen molar-refractivity contribution in [2.75, 3.05) is 6.61 Å². The van der Waals surface area contributed by atoms with Gasteiger partial charge in [-0.25, -0.2) is 0 Å². The molecule has 0 aliphatic heterocycles. The number of nitrogens with one attached hydrogen (secondary N) is 2. The van der Waals surface area contributed by atoms with Crippen molar-refractivity contribution in [3.05, 3.63) is 131 Å². The molecule has 6 heteroatoms. The summed E-state index contributed by atoms with van der Waals surface area (Å²) in [6.45, 7) is 4.87. The molecule has 48 heavy (non-hydrogen) atoms. The molecule has 0 saturated carbocycles. The number of ether oxygens (including phenoxy) is 2. The molecule has 0 fully saturated rings. The van der Waals surface area contributed by atoms with E-state index in [0.717, 1.165) is 67.6 Å². The van der Waals surface area contributed by atoms with Crippen LogP contribution < -0.4 is 20.1 Å². The zero-order valence-corrected chi connectivity index (χ0v) is 28.5. The Kier molecular flexibility index (Phi) is 15.0. The van der Waals surface area contributed by atoms with E-state index in [1.54, 1.807) is 0 Å². The Hall–Kier alpha value is -4.62. The summed E-state index contributed by atoms with van der Waals surface area (Å²) >= 11 is 0. The number of hydrogen-bond acceptors (Lipinski definition) is 6. The first-order valence-corrected chi connectivity index (χ1v) is 17.3. The maximum absolute atomic E-state index is 10.3. The Morgan fingerprint density at radius 1 is 0.562 bits per heavy atom. The molecule has 2 N–H and O–H groups in total. The minimum atomic E-state index is -1.13. The maximum atomic E-state index is 10.3. The van der Waals surface area contributed by atoms with Crippen molar-refractivity contribution in [3.63, 3.8) is 0 Å². The first-order chi connectivity index (χ1) is 23.5. The lowest BCUT2D eigenvalue weighted by Gasteiger charge is -2.39. The first kappa shape index (κ1) is 36.2. The van der Waals surface area contributed by atoms with Gasteiger partial charge < -0.3 is 9.47 Å². The molecule has 2 unspecified atom stereocenters. The Balaban J connectivity index is 1.41. The van der Waals surface area contributed by atoms with Gasteiger partial charge >= 0.3 is 0 Å². The summed E-state index contributed by atoms with van der Waals surface area (Å²) in [5.41, 5.74) is 4.49.